The van der Waals surface area contributed by atoms with Gasteiger partial charge in [-0.05, 0) is 18.6 Å². The van der Waals surface area contributed by atoms with Gasteiger partial charge in [0.05, 0.1) is 36.2 Å². The number of carboxylic acid groups (broad SMARTS) is 1. The second-order valence-corrected chi connectivity index (χ2v) is 9.13. The summed E-state index contributed by atoms with van der Waals surface area (Å²) in [6.07, 6.45) is 0.309. The second-order valence-electron chi connectivity index (χ2n) is 7.59. The summed E-state index contributed by atoms with van der Waals surface area (Å²) in [6, 6.07) is 4.20. The van der Waals surface area contributed by atoms with Gasteiger partial charge in [0.15, 0.2) is 0 Å². The Hall–Kier alpha value is -3.12. The van der Waals surface area contributed by atoms with Crippen LogP contribution < -0.4 is 10.6 Å². The lowest BCUT2D eigenvalue weighted by Crippen LogP contribution is -2.52. The number of hydrogen-bond donors (Lipinski definition) is 3. The fraction of sp³-hybridized carbons (Fsp3) is 0.476. The van der Waals surface area contributed by atoms with Crippen molar-refractivity contribution >= 4 is 40.4 Å². The molecular weight excluding hydrogens is 454 g/mol. The Morgan fingerprint density at radius 2 is 2.00 bits per heavy atom. The Morgan fingerprint density at radius 3 is 2.73 bits per heavy atom. The summed E-state index contributed by atoms with van der Waals surface area (Å²) in [5.41, 5.74) is 0.993. The van der Waals surface area contributed by atoms with E-state index in [9.17, 15) is 28.2 Å². The van der Waals surface area contributed by atoms with E-state index < -0.39 is 28.7 Å². The summed E-state index contributed by atoms with van der Waals surface area (Å²) < 4.78 is 18.2. The van der Waals surface area contributed by atoms with Crippen LogP contribution in [0, 0.1) is 0 Å². The molecule has 0 aliphatic carbocycles. The van der Waals surface area contributed by atoms with Crippen molar-refractivity contribution in [3.63, 3.8) is 0 Å². The number of carbonyl (C=O) groups is 5. The molecule has 1 aromatic rings. The number of benzene rings is 1. The van der Waals surface area contributed by atoms with Crippen molar-refractivity contribution in [3.8, 4) is 0 Å². The smallest absolute Gasteiger partial charge is 0.305 e. The first-order valence-corrected chi connectivity index (χ1v) is 11.8. The average molecular weight is 480 g/mol. The van der Waals surface area contributed by atoms with Gasteiger partial charge in [0.2, 0.25) is 17.7 Å². The number of carboxylic acids is 1. The fourth-order valence-corrected chi connectivity index (χ4v) is 4.85. The maximum absolute atomic E-state index is 12.8. The number of imide groups is 1. The van der Waals surface area contributed by atoms with Crippen LogP contribution >= 0.6 is 0 Å². The topological polar surface area (TPSA) is 159 Å². The number of hydrogen-bond acceptors (Lipinski definition) is 7. The minimum absolute atomic E-state index is 0.0475. The normalized spacial score (nSPS) is 18.6. The molecule has 3 rings (SSSR count). The predicted octanol–water partition coefficient (Wildman–Crippen LogP) is -0.447. The third-order valence-corrected chi connectivity index (χ3v) is 6.74. The van der Waals surface area contributed by atoms with Gasteiger partial charge in [-0.25, -0.2) is 0 Å². The number of fused-ring (bicyclic) bond motifs is 1. The molecule has 0 saturated carbocycles. The zero-order chi connectivity index (χ0) is 24.0. The largest absolute Gasteiger partial charge is 0.481 e. The van der Waals surface area contributed by atoms with Gasteiger partial charge in [0.1, 0.15) is 6.04 Å². The Kier molecular flexibility index (Phi) is 8.28. The minimum atomic E-state index is -1.46. The molecular formula is C21H25N3O8S. The number of amides is 4. The van der Waals surface area contributed by atoms with E-state index in [2.05, 4.69) is 10.6 Å². The molecule has 178 valence electrons. The standard InChI is InChI=1S/C21H25N3O8S/c25-17(22-8-6-19(27)28)7-9-32-10-11-33(31)16-3-1-2-13-14(16)12-24(21(13)30)15-4-5-18(26)23-20(15)29/h1-3,15H,4-12H2,(H,22,25)(H,27,28)(H,23,26,29). The van der Waals surface area contributed by atoms with Crippen molar-refractivity contribution in [2.75, 3.05) is 25.5 Å². The molecule has 1 saturated heterocycles. The van der Waals surface area contributed by atoms with Crippen LogP contribution in [-0.2, 0) is 41.3 Å². The highest BCUT2D eigenvalue weighted by atomic mass is 32.2. The third kappa shape index (κ3) is 6.23. The lowest BCUT2D eigenvalue weighted by atomic mass is 10.0. The second kappa shape index (κ2) is 11.1. The summed E-state index contributed by atoms with van der Waals surface area (Å²) in [5.74, 6) is -2.36. The molecule has 0 aromatic heterocycles. The minimum Gasteiger partial charge on any atom is -0.481 e. The number of ether oxygens (including phenoxy) is 1. The van der Waals surface area contributed by atoms with Crippen LogP contribution in [0.1, 0.15) is 41.6 Å². The van der Waals surface area contributed by atoms with Gasteiger partial charge in [-0.2, -0.15) is 0 Å². The summed E-state index contributed by atoms with van der Waals surface area (Å²) in [5, 5.41) is 13.3. The summed E-state index contributed by atoms with van der Waals surface area (Å²) in [4.78, 5) is 60.3. The van der Waals surface area contributed by atoms with Crippen molar-refractivity contribution in [1.82, 2.24) is 15.5 Å². The van der Waals surface area contributed by atoms with E-state index in [0.717, 1.165) is 0 Å². The molecule has 0 bridgehead atoms. The van der Waals surface area contributed by atoms with E-state index in [1.165, 1.54) is 4.90 Å². The zero-order valence-corrected chi connectivity index (χ0v) is 18.7. The number of carbonyl (C=O) groups excluding carboxylic acids is 4. The van der Waals surface area contributed by atoms with Gasteiger partial charge in [-0.1, -0.05) is 6.07 Å². The molecule has 1 aromatic carbocycles. The van der Waals surface area contributed by atoms with Crippen LogP contribution in [0.15, 0.2) is 23.1 Å². The predicted molar refractivity (Wildman–Crippen MR) is 114 cm³/mol. The number of nitrogens with one attached hydrogen (secondary N) is 2. The lowest BCUT2D eigenvalue weighted by Gasteiger charge is -2.29. The maximum Gasteiger partial charge on any atom is 0.305 e. The van der Waals surface area contributed by atoms with E-state index in [4.69, 9.17) is 9.84 Å². The first kappa shape index (κ1) is 24.5. The molecule has 4 amide bonds. The highest BCUT2D eigenvalue weighted by molar-refractivity contribution is 7.85. The SMILES string of the molecule is O=C(O)CCNC(=O)CCOCCS(=O)c1cccc2c1CN(C1CCC(=O)NC1=O)C2=O. The van der Waals surface area contributed by atoms with Crippen LogP contribution in [0.2, 0.25) is 0 Å². The molecule has 3 N–H and O–H groups in total. The van der Waals surface area contributed by atoms with E-state index in [1.807, 2.05) is 0 Å². The van der Waals surface area contributed by atoms with Gasteiger partial charge < -0.3 is 20.1 Å². The van der Waals surface area contributed by atoms with E-state index in [1.54, 1.807) is 18.2 Å². The molecule has 11 nitrogen and oxygen atoms in total. The number of rotatable bonds is 11. The maximum atomic E-state index is 12.8. The van der Waals surface area contributed by atoms with Gasteiger partial charge >= 0.3 is 5.97 Å². The Morgan fingerprint density at radius 1 is 1.21 bits per heavy atom. The monoisotopic (exact) mass is 479 g/mol. The van der Waals surface area contributed by atoms with Crippen LogP contribution in [0.25, 0.3) is 0 Å². The van der Waals surface area contributed by atoms with Crippen molar-refractivity contribution in [1.29, 1.82) is 0 Å². The molecule has 2 atom stereocenters. The molecule has 2 aliphatic rings. The van der Waals surface area contributed by atoms with Crippen molar-refractivity contribution in [3.05, 3.63) is 29.3 Å². The zero-order valence-electron chi connectivity index (χ0n) is 17.8. The molecule has 1 fully saturated rings. The quantitative estimate of drug-likeness (QED) is 0.284. The molecule has 2 aliphatic heterocycles. The van der Waals surface area contributed by atoms with Crippen molar-refractivity contribution in [2.24, 2.45) is 0 Å². The van der Waals surface area contributed by atoms with E-state index >= 15 is 0 Å². The Labute approximate surface area is 192 Å². The van der Waals surface area contributed by atoms with Crippen LogP contribution in [-0.4, -0.2) is 75.4 Å². The molecule has 33 heavy (non-hydrogen) atoms. The van der Waals surface area contributed by atoms with E-state index in [0.29, 0.717) is 16.0 Å². The first-order valence-electron chi connectivity index (χ1n) is 10.5. The average Bonchev–Trinajstić information content (AvgIpc) is 3.09. The van der Waals surface area contributed by atoms with Gasteiger partial charge in [0, 0.05) is 42.0 Å². The van der Waals surface area contributed by atoms with Crippen molar-refractivity contribution < 1.29 is 38.0 Å². The third-order valence-electron chi connectivity index (χ3n) is 5.33. The van der Waals surface area contributed by atoms with Crippen LogP contribution in [0.3, 0.4) is 0 Å². The van der Waals surface area contributed by atoms with Crippen LogP contribution in [0.4, 0.5) is 0 Å². The van der Waals surface area contributed by atoms with Gasteiger partial charge in [-0.3, -0.25) is 33.5 Å². The number of piperidine rings is 1. The Bertz CT molecular complexity index is 996. The molecule has 2 unspecified atom stereocenters. The molecule has 12 heteroatoms. The summed E-state index contributed by atoms with van der Waals surface area (Å²) >= 11 is 0. The fourth-order valence-electron chi connectivity index (χ4n) is 3.68. The highest BCUT2D eigenvalue weighted by Crippen LogP contribution is 2.31. The molecule has 0 spiro atoms. The first-order chi connectivity index (χ1) is 15.8. The van der Waals surface area contributed by atoms with Crippen LogP contribution in [0.5, 0.6) is 0 Å². The number of aliphatic carboxylic acids is 1. The highest BCUT2D eigenvalue weighted by Gasteiger charge is 2.40. The Balaban J connectivity index is 1.50. The summed E-state index contributed by atoms with van der Waals surface area (Å²) in [7, 11) is -1.46. The van der Waals surface area contributed by atoms with Gasteiger partial charge in [0.25, 0.3) is 5.91 Å². The number of nitrogens with zero attached hydrogens (tertiary/aromatic N) is 1. The summed E-state index contributed by atoms with van der Waals surface area (Å²) in [6.45, 7) is 0.417. The van der Waals surface area contributed by atoms with E-state index in [-0.39, 0.29) is 75.5 Å². The lowest BCUT2D eigenvalue weighted by molar-refractivity contribution is -0.138. The van der Waals surface area contributed by atoms with Gasteiger partial charge in [-0.15, -0.1) is 0 Å². The molecule has 2 heterocycles. The van der Waals surface area contributed by atoms with Crippen molar-refractivity contribution in [2.45, 2.75) is 43.2 Å². The molecule has 0 radical (unpaired) electrons.